The summed E-state index contributed by atoms with van der Waals surface area (Å²) in [5.74, 6) is 0.0502. The molecule has 0 aromatic carbocycles. The van der Waals surface area contributed by atoms with Gasteiger partial charge in [0.25, 0.3) is 0 Å². The summed E-state index contributed by atoms with van der Waals surface area (Å²) in [7, 11) is 1.35. The quantitative estimate of drug-likeness (QED) is 0.750. The van der Waals surface area contributed by atoms with Crippen molar-refractivity contribution < 1.29 is 9.53 Å². The van der Waals surface area contributed by atoms with Crippen molar-refractivity contribution >= 4 is 22.4 Å². The van der Waals surface area contributed by atoms with E-state index in [0.717, 1.165) is 16.6 Å². The molecule has 0 aliphatic rings. The van der Waals surface area contributed by atoms with Gasteiger partial charge in [-0.1, -0.05) is 13.8 Å². The predicted molar refractivity (Wildman–Crippen MR) is 75.5 cm³/mol. The van der Waals surface area contributed by atoms with Crippen LogP contribution in [0.4, 0.5) is 5.13 Å². The van der Waals surface area contributed by atoms with Crippen LogP contribution in [-0.4, -0.2) is 31.2 Å². The molecule has 104 valence electrons. The molecule has 0 amide bonds. The van der Waals surface area contributed by atoms with Crippen LogP contribution in [0.5, 0.6) is 0 Å². The normalized spacial score (nSPS) is 10.3. The number of thiazole rings is 1. The molecule has 6 heteroatoms. The summed E-state index contributed by atoms with van der Waals surface area (Å²) < 4.78 is 4.71. The lowest BCUT2D eigenvalue weighted by atomic mass is 10.2. The molecule has 1 heterocycles. The highest BCUT2D eigenvalue weighted by Crippen LogP contribution is 2.27. The molecule has 0 radical (unpaired) electrons. The van der Waals surface area contributed by atoms with E-state index in [4.69, 9.17) is 10.00 Å². The Kier molecular flexibility index (Phi) is 5.77. The standard InChI is InChI=1S/C13H19N3O2S/c1-9(2)8-16(7-5-6-14)13-15-11(10(3)19-13)12(17)18-4/h9H,5,7-8H2,1-4H3. The van der Waals surface area contributed by atoms with Gasteiger partial charge in [0.15, 0.2) is 10.8 Å². The zero-order chi connectivity index (χ0) is 14.4. The third-order valence-corrected chi connectivity index (χ3v) is 3.55. The second kappa shape index (κ2) is 7.10. The van der Waals surface area contributed by atoms with Crippen molar-refractivity contribution in [3.63, 3.8) is 0 Å². The number of carbonyl (C=O) groups is 1. The Morgan fingerprint density at radius 2 is 2.26 bits per heavy atom. The third-order valence-electron chi connectivity index (χ3n) is 2.51. The second-order valence-corrected chi connectivity index (χ2v) is 5.82. The van der Waals surface area contributed by atoms with Gasteiger partial charge in [0.1, 0.15) is 0 Å². The molecule has 0 saturated carbocycles. The Balaban J connectivity index is 2.96. The van der Waals surface area contributed by atoms with Gasteiger partial charge in [-0.2, -0.15) is 5.26 Å². The van der Waals surface area contributed by atoms with Gasteiger partial charge in [0.05, 0.1) is 19.6 Å². The van der Waals surface area contributed by atoms with E-state index in [1.54, 1.807) is 0 Å². The minimum absolute atomic E-state index is 0.369. The van der Waals surface area contributed by atoms with Crippen LogP contribution in [0.15, 0.2) is 0 Å². The fourth-order valence-corrected chi connectivity index (χ4v) is 2.63. The van der Waals surface area contributed by atoms with Gasteiger partial charge in [-0.15, -0.1) is 11.3 Å². The summed E-state index contributed by atoms with van der Waals surface area (Å²) in [4.78, 5) is 18.8. The molecule has 1 aromatic rings. The molecule has 0 unspecified atom stereocenters. The van der Waals surface area contributed by atoms with Gasteiger partial charge >= 0.3 is 5.97 Å². The molecule has 1 rings (SSSR count). The molecule has 0 saturated heterocycles. The zero-order valence-corrected chi connectivity index (χ0v) is 12.6. The van der Waals surface area contributed by atoms with E-state index in [1.165, 1.54) is 18.4 Å². The Hall–Kier alpha value is -1.61. The lowest BCUT2D eigenvalue weighted by Gasteiger charge is -2.22. The third kappa shape index (κ3) is 4.21. The molecule has 0 aliphatic carbocycles. The molecule has 1 aromatic heterocycles. The van der Waals surface area contributed by atoms with Gasteiger partial charge < -0.3 is 9.64 Å². The molecule has 5 nitrogen and oxygen atoms in total. The van der Waals surface area contributed by atoms with Crippen molar-refractivity contribution in [3.8, 4) is 6.07 Å². The van der Waals surface area contributed by atoms with Crippen molar-refractivity contribution in [1.82, 2.24) is 4.98 Å². The first-order valence-corrected chi connectivity index (χ1v) is 6.98. The molecular formula is C13H19N3O2S. The van der Waals surface area contributed by atoms with Gasteiger partial charge in [0, 0.05) is 18.0 Å². The summed E-state index contributed by atoms with van der Waals surface area (Å²) in [6.07, 6.45) is 0.443. The van der Waals surface area contributed by atoms with E-state index in [9.17, 15) is 4.79 Å². The van der Waals surface area contributed by atoms with E-state index in [1.807, 2.05) is 6.92 Å². The first-order valence-electron chi connectivity index (χ1n) is 6.17. The van der Waals surface area contributed by atoms with Crippen molar-refractivity contribution in [2.75, 3.05) is 25.1 Å². The van der Waals surface area contributed by atoms with Gasteiger partial charge in [0.2, 0.25) is 0 Å². The largest absolute Gasteiger partial charge is 0.464 e. The fraction of sp³-hybridized carbons (Fsp3) is 0.615. The number of ether oxygens (including phenoxy) is 1. The molecule has 0 atom stereocenters. The number of hydrogen-bond donors (Lipinski definition) is 0. The number of rotatable bonds is 6. The first kappa shape index (κ1) is 15.4. The van der Waals surface area contributed by atoms with Gasteiger partial charge in [-0.3, -0.25) is 0 Å². The lowest BCUT2D eigenvalue weighted by Crippen LogP contribution is -2.28. The number of esters is 1. The number of aryl methyl sites for hydroxylation is 1. The molecule has 0 bridgehead atoms. The minimum atomic E-state index is -0.412. The number of methoxy groups -OCH3 is 1. The van der Waals surface area contributed by atoms with Crippen LogP contribution in [0.3, 0.4) is 0 Å². The monoisotopic (exact) mass is 281 g/mol. The fourth-order valence-electron chi connectivity index (χ4n) is 1.69. The predicted octanol–water partition coefficient (Wildman–Crippen LogP) is 2.61. The smallest absolute Gasteiger partial charge is 0.357 e. The number of nitrogens with zero attached hydrogens (tertiary/aromatic N) is 3. The average Bonchev–Trinajstić information content (AvgIpc) is 2.75. The number of hydrogen-bond acceptors (Lipinski definition) is 6. The zero-order valence-electron chi connectivity index (χ0n) is 11.8. The highest BCUT2D eigenvalue weighted by atomic mass is 32.1. The van der Waals surface area contributed by atoms with Crippen LogP contribution < -0.4 is 4.90 Å². The SMILES string of the molecule is COC(=O)c1nc(N(CCC#N)CC(C)C)sc1C. The van der Waals surface area contributed by atoms with E-state index >= 15 is 0 Å². The molecule has 0 spiro atoms. The maximum atomic E-state index is 11.6. The van der Waals surface area contributed by atoms with Crippen molar-refractivity contribution in [1.29, 1.82) is 5.26 Å². The number of nitriles is 1. The van der Waals surface area contributed by atoms with Gasteiger partial charge in [-0.05, 0) is 12.8 Å². The van der Waals surface area contributed by atoms with Gasteiger partial charge in [-0.25, -0.2) is 9.78 Å². The highest BCUT2D eigenvalue weighted by molar-refractivity contribution is 7.15. The Labute approximate surface area is 117 Å². The highest BCUT2D eigenvalue weighted by Gasteiger charge is 2.19. The summed E-state index contributed by atoms with van der Waals surface area (Å²) in [5, 5.41) is 9.49. The number of anilines is 1. The topological polar surface area (TPSA) is 66.2 Å². The van der Waals surface area contributed by atoms with Crippen LogP contribution >= 0.6 is 11.3 Å². The van der Waals surface area contributed by atoms with E-state index < -0.39 is 5.97 Å². The number of carbonyl (C=O) groups excluding carboxylic acids is 1. The Morgan fingerprint density at radius 3 is 2.79 bits per heavy atom. The minimum Gasteiger partial charge on any atom is -0.464 e. The molecule has 0 N–H and O–H groups in total. The molecule has 0 fully saturated rings. The van der Waals surface area contributed by atoms with Crippen molar-refractivity contribution in [2.45, 2.75) is 27.2 Å². The Bertz CT molecular complexity index is 477. The number of aromatic nitrogens is 1. The van der Waals surface area contributed by atoms with Crippen LogP contribution in [-0.2, 0) is 4.74 Å². The first-order chi connectivity index (χ1) is 8.99. The van der Waals surface area contributed by atoms with E-state index in [0.29, 0.717) is 24.6 Å². The van der Waals surface area contributed by atoms with Crippen LogP contribution in [0, 0.1) is 24.2 Å². The lowest BCUT2D eigenvalue weighted by molar-refractivity contribution is 0.0594. The van der Waals surface area contributed by atoms with Crippen LogP contribution in [0.25, 0.3) is 0 Å². The van der Waals surface area contributed by atoms with Crippen molar-refractivity contribution in [3.05, 3.63) is 10.6 Å². The summed E-state index contributed by atoms with van der Waals surface area (Å²) in [6.45, 7) is 7.52. The maximum Gasteiger partial charge on any atom is 0.357 e. The van der Waals surface area contributed by atoms with E-state index in [2.05, 4.69) is 29.8 Å². The molecule has 0 aliphatic heterocycles. The van der Waals surface area contributed by atoms with E-state index in [-0.39, 0.29) is 0 Å². The van der Waals surface area contributed by atoms with Crippen LogP contribution in [0.2, 0.25) is 0 Å². The molecule has 19 heavy (non-hydrogen) atoms. The Morgan fingerprint density at radius 1 is 1.58 bits per heavy atom. The maximum absolute atomic E-state index is 11.6. The van der Waals surface area contributed by atoms with Crippen LogP contribution in [0.1, 0.15) is 35.6 Å². The summed E-state index contributed by atoms with van der Waals surface area (Å²) >= 11 is 1.46. The molecular weight excluding hydrogens is 262 g/mol. The second-order valence-electron chi connectivity index (χ2n) is 4.64. The summed E-state index contributed by atoms with van der Waals surface area (Å²) in [5.41, 5.74) is 0.369. The average molecular weight is 281 g/mol. The van der Waals surface area contributed by atoms with Crippen molar-refractivity contribution in [2.24, 2.45) is 5.92 Å². The summed E-state index contributed by atoms with van der Waals surface area (Å²) in [6, 6.07) is 2.14.